The van der Waals surface area contributed by atoms with Crippen molar-refractivity contribution in [3.8, 4) is 0 Å². The van der Waals surface area contributed by atoms with Crippen molar-refractivity contribution in [3.05, 3.63) is 28.8 Å². The monoisotopic (exact) mass is 202 g/mol. The van der Waals surface area contributed by atoms with Crippen LogP contribution in [0.4, 0.5) is 18.9 Å². The SMILES string of the molecule is Cc1cc(C(F)(F)F)cc(N)c1C=N. The van der Waals surface area contributed by atoms with Gasteiger partial charge in [0.2, 0.25) is 0 Å². The van der Waals surface area contributed by atoms with Gasteiger partial charge in [0.1, 0.15) is 0 Å². The average Bonchev–Trinajstić information content (AvgIpc) is 2.01. The van der Waals surface area contributed by atoms with E-state index in [2.05, 4.69) is 0 Å². The Kier molecular flexibility index (Phi) is 2.51. The Balaban J connectivity index is 3.35. The molecular weight excluding hydrogens is 193 g/mol. The molecule has 0 aliphatic rings. The molecule has 0 unspecified atom stereocenters. The number of nitrogens with one attached hydrogen (secondary N) is 1. The number of hydrogen-bond donors (Lipinski definition) is 2. The van der Waals surface area contributed by atoms with Gasteiger partial charge >= 0.3 is 6.18 Å². The van der Waals surface area contributed by atoms with Gasteiger partial charge < -0.3 is 11.1 Å². The second-order valence-corrected chi connectivity index (χ2v) is 2.94. The van der Waals surface area contributed by atoms with Gasteiger partial charge in [-0.15, -0.1) is 0 Å². The molecule has 76 valence electrons. The number of nitrogen functional groups attached to an aromatic ring is 1. The molecule has 0 atom stereocenters. The molecule has 0 spiro atoms. The van der Waals surface area contributed by atoms with E-state index < -0.39 is 11.7 Å². The Hall–Kier alpha value is -1.52. The largest absolute Gasteiger partial charge is 0.416 e. The third kappa shape index (κ3) is 1.86. The third-order valence-electron chi connectivity index (χ3n) is 1.89. The topological polar surface area (TPSA) is 49.9 Å². The normalized spacial score (nSPS) is 11.4. The van der Waals surface area contributed by atoms with Crippen LogP contribution in [0.1, 0.15) is 16.7 Å². The summed E-state index contributed by atoms with van der Waals surface area (Å²) in [5.41, 5.74) is 5.26. The quantitative estimate of drug-likeness (QED) is 0.533. The van der Waals surface area contributed by atoms with Gasteiger partial charge in [-0.25, -0.2) is 0 Å². The summed E-state index contributed by atoms with van der Waals surface area (Å²) in [7, 11) is 0. The fourth-order valence-corrected chi connectivity index (χ4v) is 1.19. The number of nitrogens with two attached hydrogens (primary N) is 1. The summed E-state index contributed by atoms with van der Waals surface area (Å²) in [6.07, 6.45) is -3.44. The lowest BCUT2D eigenvalue weighted by Crippen LogP contribution is -2.08. The third-order valence-corrected chi connectivity index (χ3v) is 1.89. The smallest absolute Gasteiger partial charge is 0.398 e. The summed E-state index contributed by atoms with van der Waals surface area (Å²) in [6.45, 7) is 1.49. The molecule has 5 heteroatoms. The first-order chi connectivity index (χ1) is 6.36. The van der Waals surface area contributed by atoms with Crippen molar-refractivity contribution in [3.63, 3.8) is 0 Å². The Bertz CT molecular complexity index is 346. The minimum atomic E-state index is -4.39. The number of halogens is 3. The summed E-state index contributed by atoms with van der Waals surface area (Å²) >= 11 is 0. The molecule has 0 bridgehead atoms. The lowest BCUT2D eigenvalue weighted by molar-refractivity contribution is -0.137. The zero-order chi connectivity index (χ0) is 10.9. The van der Waals surface area contributed by atoms with Gasteiger partial charge in [-0.2, -0.15) is 13.2 Å². The number of aryl methyl sites for hydroxylation is 1. The maximum Gasteiger partial charge on any atom is 0.416 e. The predicted octanol–water partition coefficient (Wildman–Crippen LogP) is 2.59. The molecule has 0 aliphatic carbocycles. The molecule has 0 radical (unpaired) electrons. The van der Waals surface area contributed by atoms with Gasteiger partial charge in [-0.1, -0.05) is 0 Å². The number of rotatable bonds is 1. The van der Waals surface area contributed by atoms with Crippen molar-refractivity contribution in [1.29, 1.82) is 5.41 Å². The molecule has 14 heavy (non-hydrogen) atoms. The van der Waals surface area contributed by atoms with Crippen LogP contribution in [0.2, 0.25) is 0 Å². The Morgan fingerprint density at radius 3 is 2.29 bits per heavy atom. The van der Waals surface area contributed by atoms with Crippen LogP contribution in [0.25, 0.3) is 0 Å². The summed E-state index contributed by atoms with van der Waals surface area (Å²) in [5, 5.41) is 6.97. The van der Waals surface area contributed by atoms with Crippen molar-refractivity contribution in [2.75, 3.05) is 5.73 Å². The van der Waals surface area contributed by atoms with Crippen LogP contribution in [0.5, 0.6) is 0 Å². The van der Waals surface area contributed by atoms with Crippen molar-refractivity contribution in [2.24, 2.45) is 0 Å². The van der Waals surface area contributed by atoms with Crippen LogP contribution in [-0.2, 0) is 6.18 Å². The minimum Gasteiger partial charge on any atom is -0.398 e. The van der Waals surface area contributed by atoms with Crippen molar-refractivity contribution in [2.45, 2.75) is 13.1 Å². The van der Waals surface area contributed by atoms with Crippen LogP contribution in [0.15, 0.2) is 12.1 Å². The van der Waals surface area contributed by atoms with Crippen LogP contribution >= 0.6 is 0 Å². The maximum absolute atomic E-state index is 12.3. The first-order valence-corrected chi connectivity index (χ1v) is 3.84. The Morgan fingerprint density at radius 2 is 1.93 bits per heavy atom. The molecule has 3 N–H and O–H groups in total. The van der Waals surface area contributed by atoms with E-state index >= 15 is 0 Å². The lowest BCUT2D eigenvalue weighted by atomic mass is 10.0. The fourth-order valence-electron chi connectivity index (χ4n) is 1.19. The van der Waals surface area contributed by atoms with Gasteiger partial charge in [-0.3, -0.25) is 0 Å². The van der Waals surface area contributed by atoms with Gasteiger partial charge in [0.25, 0.3) is 0 Å². The molecule has 0 saturated carbocycles. The minimum absolute atomic E-state index is 0.0210. The number of benzene rings is 1. The maximum atomic E-state index is 12.3. The van der Waals surface area contributed by atoms with E-state index in [0.29, 0.717) is 11.1 Å². The molecular formula is C9H9F3N2. The highest BCUT2D eigenvalue weighted by molar-refractivity contribution is 5.87. The second-order valence-electron chi connectivity index (χ2n) is 2.94. The van der Waals surface area contributed by atoms with E-state index in [-0.39, 0.29) is 5.69 Å². The van der Waals surface area contributed by atoms with E-state index in [0.717, 1.165) is 18.3 Å². The highest BCUT2D eigenvalue weighted by Gasteiger charge is 2.31. The first kappa shape index (κ1) is 10.6. The van der Waals surface area contributed by atoms with Crippen LogP contribution in [0.3, 0.4) is 0 Å². The van der Waals surface area contributed by atoms with E-state index in [1.807, 2.05) is 0 Å². The highest BCUT2D eigenvalue weighted by atomic mass is 19.4. The number of anilines is 1. The average molecular weight is 202 g/mol. The Labute approximate surface area is 79.0 Å². The van der Waals surface area contributed by atoms with Crippen molar-refractivity contribution < 1.29 is 13.2 Å². The van der Waals surface area contributed by atoms with E-state index in [1.54, 1.807) is 0 Å². The lowest BCUT2D eigenvalue weighted by Gasteiger charge is -2.11. The molecule has 0 aliphatic heterocycles. The van der Waals surface area contributed by atoms with Crippen molar-refractivity contribution >= 4 is 11.9 Å². The van der Waals surface area contributed by atoms with Crippen LogP contribution in [0, 0.1) is 12.3 Å². The van der Waals surface area contributed by atoms with Gasteiger partial charge in [0.15, 0.2) is 0 Å². The predicted molar refractivity (Wildman–Crippen MR) is 48.5 cm³/mol. The molecule has 0 heterocycles. The van der Waals surface area contributed by atoms with Crippen LogP contribution in [-0.4, -0.2) is 6.21 Å². The fraction of sp³-hybridized carbons (Fsp3) is 0.222. The number of alkyl halides is 3. The molecule has 1 rings (SSSR count). The van der Waals surface area contributed by atoms with Gasteiger partial charge in [-0.05, 0) is 24.6 Å². The standard InChI is InChI=1S/C9H9F3N2/c1-5-2-6(9(10,11)12)3-8(14)7(5)4-13/h2-4,13H,14H2,1H3. The van der Waals surface area contributed by atoms with E-state index in [1.165, 1.54) is 6.92 Å². The summed E-state index contributed by atoms with van der Waals surface area (Å²) in [4.78, 5) is 0. The van der Waals surface area contributed by atoms with Crippen LogP contribution < -0.4 is 5.73 Å². The molecule has 0 amide bonds. The summed E-state index contributed by atoms with van der Waals surface area (Å²) in [5.74, 6) is 0. The zero-order valence-corrected chi connectivity index (χ0v) is 7.44. The van der Waals surface area contributed by atoms with Crippen molar-refractivity contribution in [1.82, 2.24) is 0 Å². The molecule has 0 saturated heterocycles. The summed E-state index contributed by atoms with van der Waals surface area (Å²) in [6, 6.07) is 1.82. The van der Waals surface area contributed by atoms with E-state index in [9.17, 15) is 13.2 Å². The Morgan fingerprint density at radius 1 is 1.36 bits per heavy atom. The molecule has 1 aromatic rings. The van der Waals surface area contributed by atoms with E-state index in [4.69, 9.17) is 11.1 Å². The highest BCUT2D eigenvalue weighted by Crippen LogP contribution is 2.32. The van der Waals surface area contributed by atoms with Gasteiger partial charge in [0, 0.05) is 17.5 Å². The molecule has 0 fully saturated rings. The van der Waals surface area contributed by atoms with Gasteiger partial charge in [0.05, 0.1) is 5.56 Å². The molecule has 0 aromatic heterocycles. The summed E-state index contributed by atoms with van der Waals surface area (Å²) < 4.78 is 36.8. The number of hydrogen-bond acceptors (Lipinski definition) is 2. The molecule has 2 nitrogen and oxygen atoms in total. The first-order valence-electron chi connectivity index (χ1n) is 3.84. The second kappa shape index (κ2) is 3.32. The zero-order valence-electron chi connectivity index (χ0n) is 7.44. The molecule has 1 aromatic carbocycles.